The van der Waals surface area contributed by atoms with Gasteiger partial charge in [0.1, 0.15) is 0 Å². The highest BCUT2D eigenvalue weighted by Gasteiger charge is 2.16. The van der Waals surface area contributed by atoms with E-state index in [1.54, 1.807) is 0 Å². The Labute approximate surface area is 74.5 Å². The Morgan fingerprint density at radius 3 is 2.92 bits per heavy atom. The Morgan fingerprint density at radius 2 is 2.33 bits per heavy atom. The van der Waals surface area contributed by atoms with Gasteiger partial charge in [-0.2, -0.15) is 0 Å². The maximum absolute atomic E-state index is 10.2. The van der Waals surface area contributed by atoms with Crippen molar-refractivity contribution in [1.29, 1.82) is 0 Å². The van der Waals surface area contributed by atoms with Crippen LogP contribution in [0.15, 0.2) is 0 Å². The second kappa shape index (κ2) is 5.32. The molecule has 1 radical (unpaired) electrons. The molecule has 1 aliphatic rings. The van der Waals surface area contributed by atoms with Gasteiger partial charge in [-0.1, -0.05) is 6.42 Å². The third-order valence-electron chi connectivity index (χ3n) is 2.00. The molecule has 1 fully saturated rings. The molecule has 1 heterocycles. The van der Waals surface area contributed by atoms with Gasteiger partial charge in [-0.25, -0.2) is 0 Å². The Bertz CT molecular complexity index is 143. The summed E-state index contributed by atoms with van der Waals surface area (Å²) in [5.41, 5.74) is 0. The summed E-state index contributed by atoms with van der Waals surface area (Å²) < 4.78 is 5.57. The van der Waals surface area contributed by atoms with Gasteiger partial charge in [0.25, 0.3) is 0 Å². The van der Waals surface area contributed by atoms with E-state index in [9.17, 15) is 4.79 Å². The molecule has 0 aliphatic carbocycles. The van der Waals surface area contributed by atoms with E-state index in [-0.39, 0.29) is 0 Å². The molecule has 1 rings (SSSR count). The molecule has 0 aromatic rings. The minimum absolute atomic E-state index is 0.303. The number of carboxylic acids is 1. The molecule has 3 nitrogen and oxygen atoms in total. The van der Waals surface area contributed by atoms with E-state index in [4.69, 9.17) is 9.53 Å². The molecule has 1 aliphatic heterocycles. The zero-order chi connectivity index (χ0) is 8.81. The molecule has 12 heavy (non-hydrogen) atoms. The monoisotopic (exact) mass is 187 g/mol. The van der Waals surface area contributed by atoms with E-state index in [0.717, 1.165) is 19.1 Å². The van der Waals surface area contributed by atoms with Gasteiger partial charge in [0.05, 0.1) is 0 Å². The fourth-order valence-electron chi connectivity index (χ4n) is 1.35. The number of carbonyl (C=O) groups is 1. The smallest absolute Gasteiger partial charge is 0.303 e. The van der Waals surface area contributed by atoms with E-state index in [0.29, 0.717) is 6.42 Å². The second-order valence-corrected chi connectivity index (χ2v) is 5.46. The molecule has 0 aromatic carbocycles. The number of rotatable bonds is 4. The minimum atomic E-state index is -0.687. The standard InChI is InChI=1S/C8H15O3Si/c9-8(10)4-3-7-12-6-2-1-5-11-12/h1-7H2,(H,9,10). The van der Waals surface area contributed by atoms with Gasteiger partial charge >= 0.3 is 5.97 Å². The molecule has 0 spiro atoms. The van der Waals surface area contributed by atoms with Gasteiger partial charge < -0.3 is 9.53 Å². The molecular weight excluding hydrogens is 172 g/mol. The van der Waals surface area contributed by atoms with Crippen LogP contribution in [0.2, 0.25) is 12.1 Å². The van der Waals surface area contributed by atoms with Gasteiger partial charge in [0, 0.05) is 13.0 Å². The second-order valence-electron chi connectivity index (χ2n) is 3.09. The van der Waals surface area contributed by atoms with Gasteiger partial charge in [-0.3, -0.25) is 4.79 Å². The third-order valence-corrected chi connectivity index (χ3v) is 4.44. The van der Waals surface area contributed by atoms with E-state index in [1.165, 1.54) is 18.9 Å². The molecule has 4 heteroatoms. The first-order valence-electron chi connectivity index (χ1n) is 4.48. The van der Waals surface area contributed by atoms with Crippen molar-refractivity contribution in [2.24, 2.45) is 0 Å². The Hall–Kier alpha value is -0.353. The molecule has 1 saturated heterocycles. The van der Waals surface area contributed by atoms with E-state index in [2.05, 4.69) is 0 Å². The summed E-state index contributed by atoms with van der Waals surface area (Å²) in [4.78, 5) is 10.2. The lowest BCUT2D eigenvalue weighted by atomic mass is 10.3. The first kappa shape index (κ1) is 9.73. The number of carboxylic acid groups (broad SMARTS) is 1. The van der Waals surface area contributed by atoms with Crippen molar-refractivity contribution in [3.05, 3.63) is 0 Å². The van der Waals surface area contributed by atoms with E-state index in [1.807, 2.05) is 0 Å². The minimum Gasteiger partial charge on any atom is -0.481 e. The number of aliphatic carboxylic acids is 1. The lowest BCUT2D eigenvalue weighted by molar-refractivity contribution is -0.137. The van der Waals surface area contributed by atoms with Crippen LogP contribution in [0.25, 0.3) is 0 Å². The van der Waals surface area contributed by atoms with Crippen LogP contribution in [0.1, 0.15) is 25.7 Å². The lowest BCUT2D eigenvalue weighted by Crippen LogP contribution is -2.22. The first-order valence-corrected chi connectivity index (χ1v) is 6.30. The van der Waals surface area contributed by atoms with Crippen molar-refractivity contribution in [2.75, 3.05) is 6.61 Å². The highest BCUT2D eigenvalue weighted by Crippen LogP contribution is 2.16. The van der Waals surface area contributed by atoms with Crippen LogP contribution in [0.4, 0.5) is 0 Å². The number of hydrogen-bond acceptors (Lipinski definition) is 2. The Kier molecular flexibility index (Phi) is 4.32. The largest absolute Gasteiger partial charge is 0.481 e. The summed E-state index contributed by atoms with van der Waals surface area (Å²) in [6, 6.07) is 2.22. The first-order chi connectivity index (χ1) is 5.79. The summed E-state index contributed by atoms with van der Waals surface area (Å²) in [6.45, 7) is 0.904. The van der Waals surface area contributed by atoms with Crippen molar-refractivity contribution in [3.8, 4) is 0 Å². The van der Waals surface area contributed by atoms with Gasteiger partial charge in [-0.05, 0) is 24.9 Å². The molecule has 0 aromatic heterocycles. The molecule has 1 N–H and O–H groups in total. The highest BCUT2D eigenvalue weighted by molar-refractivity contribution is 6.51. The van der Waals surface area contributed by atoms with Gasteiger partial charge in [-0.15, -0.1) is 0 Å². The fourth-order valence-corrected chi connectivity index (χ4v) is 3.53. The molecule has 69 valence electrons. The zero-order valence-corrected chi connectivity index (χ0v) is 8.21. The van der Waals surface area contributed by atoms with Crippen LogP contribution in [0.3, 0.4) is 0 Å². The predicted octanol–water partition coefficient (Wildman–Crippen LogP) is 1.65. The topological polar surface area (TPSA) is 46.5 Å². The quantitative estimate of drug-likeness (QED) is 0.681. The summed E-state index contributed by atoms with van der Waals surface area (Å²) in [6.07, 6.45) is 3.57. The average Bonchev–Trinajstić information content (AvgIpc) is 2.05. The maximum atomic E-state index is 10.2. The number of hydrogen-bond donors (Lipinski definition) is 1. The Balaban J connectivity index is 2.01. The normalized spacial score (nSPS) is 19.3. The van der Waals surface area contributed by atoms with Crippen molar-refractivity contribution in [3.63, 3.8) is 0 Å². The molecular formula is C8H15O3Si. The van der Waals surface area contributed by atoms with Crippen LogP contribution in [-0.4, -0.2) is 26.7 Å². The van der Waals surface area contributed by atoms with E-state index < -0.39 is 15.0 Å². The predicted molar refractivity (Wildman–Crippen MR) is 47.4 cm³/mol. The van der Waals surface area contributed by atoms with Gasteiger partial charge in [0.15, 0.2) is 0 Å². The van der Waals surface area contributed by atoms with Crippen molar-refractivity contribution in [1.82, 2.24) is 0 Å². The molecule has 0 saturated carbocycles. The van der Waals surface area contributed by atoms with Crippen molar-refractivity contribution < 1.29 is 14.3 Å². The fraction of sp³-hybridized carbons (Fsp3) is 0.875. The third kappa shape index (κ3) is 3.87. The van der Waals surface area contributed by atoms with Crippen molar-refractivity contribution in [2.45, 2.75) is 37.8 Å². The summed E-state index contributed by atoms with van der Waals surface area (Å²) >= 11 is 0. The molecule has 0 atom stereocenters. The maximum Gasteiger partial charge on any atom is 0.303 e. The van der Waals surface area contributed by atoms with Crippen LogP contribution in [0.5, 0.6) is 0 Å². The van der Waals surface area contributed by atoms with Gasteiger partial charge in [0.2, 0.25) is 9.04 Å². The molecule has 0 unspecified atom stereocenters. The van der Waals surface area contributed by atoms with Crippen LogP contribution >= 0.6 is 0 Å². The highest BCUT2D eigenvalue weighted by atomic mass is 28.3. The Morgan fingerprint density at radius 1 is 1.50 bits per heavy atom. The van der Waals surface area contributed by atoms with Crippen molar-refractivity contribution >= 4 is 15.0 Å². The lowest BCUT2D eigenvalue weighted by Gasteiger charge is -2.19. The molecule has 0 bridgehead atoms. The van der Waals surface area contributed by atoms with Crippen LogP contribution in [0, 0.1) is 0 Å². The van der Waals surface area contributed by atoms with Crippen LogP contribution < -0.4 is 0 Å². The van der Waals surface area contributed by atoms with Crippen LogP contribution in [-0.2, 0) is 9.22 Å². The zero-order valence-electron chi connectivity index (χ0n) is 7.21. The van der Waals surface area contributed by atoms with E-state index >= 15 is 0 Å². The molecule has 0 amide bonds. The summed E-state index contributed by atoms with van der Waals surface area (Å²) in [5, 5.41) is 8.41. The summed E-state index contributed by atoms with van der Waals surface area (Å²) in [7, 11) is -0.607. The summed E-state index contributed by atoms with van der Waals surface area (Å²) in [5.74, 6) is -0.687. The average molecular weight is 187 g/mol. The SMILES string of the molecule is O=C(O)CCC[Si]1CCCCO1.